The molecule has 1 aromatic heterocycles. The molecule has 0 fully saturated rings. The number of anilines is 1. The highest BCUT2D eigenvalue weighted by Gasteiger charge is 2.30. The van der Waals surface area contributed by atoms with E-state index >= 15 is 0 Å². The number of benzene rings is 3. The van der Waals surface area contributed by atoms with Gasteiger partial charge in [0.2, 0.25) is 5.91 Å². The number of phenols is 1. The van der Waals surface area contributed by atoms with E-state index in [1.807, 2.05) is 60.7 Å². The first-order valence-electron chi connectivity index (χ1n) is 10.0. The topological polar surface area (TPSA) is 40.5 Å². The van der Waals surface area contributed by atoms with Crippen LogP contribution in [0.15, 0.2) is 78.9 Å². The van der Waals surface area contributed by atoms with Crippen molar-refractivity contribution >= 4 is 33.0 Å². The lowest BCUT2D eigenvalue weighted by atomic mass is 10.0. The van der Waals surface area contributed by atoms with Gasteiger partial charge in [0.1, 0.15) is 5.75 Å². The number of hydrogen-bond donors (Lipinski definition) is 1. The van der Waals surface area contributed by atoms with Gasteiger partial charge in [-0.15, -0.1) is 11.3 Å². The molecular formula is C25H20F3NO2S. The van der Waals surface area contributed by atoms with E-state index in [1.165, 1.54) is 22.3 Å². The second-order valence-electron chi connectivity index (χ2n) is 7.42. The molecule has 3 aromatic carbocycles. The zero-order chi connectivity index (χ0) is 22.7. The van der Waals surface area contributed by atoms with Crippen molar-refractivity contribution in [3.63, 3.8) is 0 Å². The van der Waals surface area contributed by atoms with Crippen molar-refractivity contribution in [1.82, 2.24) is 0 Å². The molecular weight excluding hydrogens is 435 g/mol. The zero-order valence-corrected chi connectivity index (χ0v) is 17.8. The van der Waals surface area contributed by atoms with E-state index in [2.05, 4.69) is 0 Å². The number of carbonyl (C=O) groups excluding carboxylic acids is 1. The molecule has 1 amide bonds. The Labute approximate surface area is 187 Å². The third-order valence-electron chi connectivity index (χ3n) is 5.09. The maximum Gasteiger partial charge on any atom is 0.389 e. The Bertz CT molecular complexity index is 1200. The van der Waals surface area contributed by atoms with Crippen molar-refractivity contribution < 1.29 is 23.1 Å². The van der Waals surface area contributed by atoms with Crippen LogP contribution in [0.5, 0.6) is 5.75 Å². The monoisotopic (exact) mass is 455 g/mol. The molecule has 1 heterocycles. The van der Waals surface area contributed by atoms with Crippen molar-refractivity contribution in [2.75, 3.05) is 4.90 Å². The van der Waals surface area contributed by atoms with Gasteiger partial charge in [0.15, 0.2) is 0 Å². The molecule has 0 radical (unpaired) electrons. The van der Waals surface area contributed by atoms with E-state index in [0.717, 1.165) is 26.1 Å². The van der Waals surface area contributed by atoms with Crippen LogP contribution in [0.25, 0.3) is 21.2 Å². The van der Waals surface area contributed by atoms with Gasteiger partial charge < -0.3 is 10.0 Å². The van der Waals surface area contributed by atoms with Gasteiger partial charge in [0.05, 0.1) is 18.7 Å². The van der Waals surface area contributed by atoms with Gasteiger partial charge in [-0.25, -0.2) is 0 Å². The quantitative estimate of drug-likeness (QED) is 0.335. The maximum absolute atomic E-state index is 12.9. The van der Waals surface area contributed by atoms with Gasteiger partial charge in [0, 0.05) is 16.0 Å². The molecule has 7 heteroatoms. The predicted octanol–water partition coefficient (Wildman–Crippen LogP) is 7.15. The number of thiophene rings is 1. The Morgan fingerprint density at radius 2 is 1.62 bits per heavy atom. The van der Waals surface area contributed by atoms with Crippen molar-refractivity contribution in [3.8, 4) is 16.9 Å². The van der Waals surface area contributed by atoms with E-state index in [9.17, 15) is 23.1 Å². The van der Waals surface area contributed by atoms with Gasteiger partial charge in [-0.2, -0.15) is 13.2 Å². The number of fused-ring (bicyclic) bond motifs is 1. The molecule has 32 heavy (non-hydrogen) atoms. The maximum atomic E-state index is 12.9. The summed E-state index contributed by atoms with van der Waals surface area (Å²) in [5, 5.41) is 11.5. The second-order valence-corrected chi connectivity index (χ2v) is 8.58. The molecule has 0 aliphatic rings. The van der Waals surface area contributed by atoms with E-state index in [0.29, 0.717) is 0 Å². The molecule has 0 unspecified atom stereocenters. The van der Waals surface area contributed by atoms with Crippen LogP contribution in [0.1, 0.15) is 17.7 Å². The normalized spacial score (nSPS) is 11.6. The lowest BCUT2D eigenvalue weighted by Gasteiger charge is -2.24. The van der Waals surface area contributed by atoms with Crippen LogP contribution in [-0.2, 0) is 11.3 Å². The Morgan fingerprint density at radius 3 is 2.34 bits per heavy atom. The molecule has 0 saturated carbocycles. The average Bonchev–Trinajstić information content (AvgIpc) is 3.19. The average molecular weight is 456 g/mol. The molecule has 0 atom stereocenters. The summed E-state index contributed by atoms with van der Waals surface area (Å²) in [4.78, 5) is 15.0. The summed E-state index contributed by atoms with van der Waals surface area (Å²) in [6.45, 7) is 0.0713. The number of phenolic OH excluding ortho intramolecular Hbond substituents is 1. The first-order chi connectivity index (χ1) is 15.3. The molecule has 1 N–H and O–H groups in total. The summed E-state index contributed by atoms with van der Waals surface area (Å²) < 4.78 is 39.4. The first-order valence-corrected chi connectivity index (χ1v) is 10.8. The van der Waals surface area contributed by atoms with Crippen molar-refractivity contribution in [3.05, 3.63) is 83.7 Å². The van der Waals surface area contributed by atoms with Gasteiger partial charge >= 0.3 is 6.18 Å². The molecule has 0 bridgehead atoms. The summed E-state index contributed by atoms with van der Waals surface area (Å²) in [5.41, 5.74) is 1.82. The molecule has 4 aromatic rings. The highest BCUT2D eigenvalue weighted by Crippen LogP contribution is 2.36. The third kappa shape index (κ3) is 5.11. The lowest BCUT2D eigenvalue weighted by molar-refractivity contribution is -0.143. The van der Waals surface area contributed by atoms with Crippen LogP contribution >= 0.6 is 11.3 Å². The molecule has 0 spiro atoms. The minimum absolute atomic E-state index is 0.0713. The van der Waals surface area contributed by atoms with Crippen LogP contribution in [-0.4, -0.2) is 17.2 Å². The molecule has 4 rings (SSSR count). The fourth-order valence-electron chi connectivity index (χ4n) is 3.51. The molecule has 164 valence electrons. The largest absolute Gasteiger partial charge is 0.506 e. The van der Waals surface area contributed by atoms with Crippen LogP contribution < -0.4 is 4.90 Å². The Balaban J connectivity index is 1.72. The number of hydrogen-bond acceptors (Lipinski definition) is 3. The fourth-order valence-corrected chi connectivity index (χ4v) is 4.57. The van der Waals surface area contributed by atoms with Gasteiger partial charge in [0.25, 0.3) is 0 Å². The molecule has 0 aliphatic carbocycles. The van der Waals surface area contributed by atoms with Gasteiger partial charge in [-0.3, -0.25) is 4.79 Å². The number of rotatable bonds is 6. The Kier molecular flexibility index (Phi) is 6.19. The van der Waals surface area contributed by atoms with E-state index in [1.54, 1.807) is 12.1 Å². The van der Waals surface area contributed by atoms with Crippen LogP contribution in [0.4, 0.5) is 18.9 Å². The standard InChI is InChI=1S/C25H20F3NO2S/c26-25(27,28)13-12-24(31)29(16-20-14-19-8-4-5-9-23(19)32-20)21-15-18(10-11-22(21)30)17-6-2-1-3-7-17/h1-11,14-15,30H,12-13,16H2. The number of amides is 1. The summed E-state index contributed by atoms with van der Waals surface area (Å²) >= 11 is 1.47. The van der Waals surface area contributed by atoms with Crippen LogP contribution in [0.3, 0.4) is 0 Å². The summed E-state index contributed by atoms with van der Waals surface area (Å²) in [6, 6.07) is 23.8. The number of carbonyl (C=O) groups is 1. The van der Waals surface area contributed by atoms with Crippen LogP contribution in [0.2, 0.25) is 0 Å². The SMILES string of the molecule is O=C(CCC(F)(F)F)N(Cc1cc2ccccc2s1)c1cc(-c2ccccc2)ccc1O. The van der Waals surface area contributed by atoms with E-state index in [4.69, 9.17) is 0 Å². The van der Waals surface area contributed by atoms with Crippen molar-refractivity contribution in [2.45, 2.75) is 25.6 Å². The highest BCUT2D eigenvalue weighted by atomic mass is 32.1. The molecule has 0 saturated heterocycles. The van der Waals surface area contributed by atoms with E-state index < -0.39 is 24.9 Å². The van der Waals surface area contributed by atoms with Crippen molar-refractivity contribution in [2.24, 2.45) is 0 Å². The van der Waals surface area contributed by atoms with Crippen LogP contribution in [0, 0.1) is 0 Å². The highest BCUT2D eigenvalue weighted by molar-refractivity contribution is 7.19. The van der Waals surface area contributed by atoms with Crippen molar-refractivity contribution in [1.29, 1.82) is 0 Å². The first kappa shape index (κ1) is 21.9. The molecule has 0 aliphatic heterocycles. The minimum atomic E-state index is -4.44. The number of aromatic hydroxyl groups is 1. The smallest absolute Gasteiger partial charge is 0.389 e. The zero-order valence-electron chi connectivity index (χ0n) is 17.0. The summed E-state index contributed by atoms with van der Waals surface area (Å²) in [6.07, 6.45) is -6.34. The number of alkyl halides is 3. The number of halogens is 3. The van der Waals surface area contributed by atoms with Gasteiger partial charge in [-0.1, -0.05) is 54.6 Å². The Morgan fingerprint density at radius 1 is 0.906 bits per heavy atom. The number of nitrogens with zero attached hydrogens (tertiary/aromatic N) is 1. The summed E-state index contributed by atoms with van der Waals surface area (Å²) in [5.74, 6) is -0.855. The summed E-state index contributed by atoms with van der Waals surface area (Å²) in [7, 11) is 0. The minimum Gasteiger partial charge on any atom is -0.506 e. The predicted molar refractivity (Wildman–Crippen MR) is 122 cm³/mol. The fraction of sp³-hybridized carbons (Fsp3) is 0.160. The second kappa shape index (κ2) is 9.04. The lowest BCUT2D eigenvalue weighted by Crippen LogP contribution is -2.31. The van der Waals surface area contributed by atoms with E-state index in [-0.39, 0.29) is 18.0 Å². The van der Waals surface area contributed by atoms with Gasteiger partial charge in [-0.05, 0) is 40.8 Å². The molecule has 3 nitrogen and oxygen atoms in total. The Hall–Kier alpha value is -3.32. The third-order valence-corrected chi connectivity index (χ3v) is 6.19.